The molecule has 0 bridgehead atoms. The lowest BCUT2D eigenvalue weighted by Gasteiger charge is -2.25. The van der Waals surface area contributed by atoms with E-state index in [4.69, 9.17) is 5.73 Å². The number of nitrogens with two attached hydrogens (primary N) is 1. The number of hydrogen-bond donors (Lipinski definition) is 1. The lowest BCUT2D eigenvalue weighted by molar-refractivity contribution is 0.394. The molecule has 0 aromatic carbocycles. The van der Waals surface area contributed by atoms with E-state index in [1.165, 1.54) is 25.7 Å². The van der Waals surface area contributed by atoms with Crippen LogP contribution in [0, 0.1) is 5.92 Å². The van der Waals surface area contributed by atoms with Gasteiger partial charge in [-0.1, -0.05) is 31.5 Å². The summed E-state index contributed by atoms with van der Waals surface area (Å²) in [6.45, 7) is 2.31. The Morgan fingerprint density at radius 2 is 2.20 bits per heavy atom. The van der Waals surface area contributed by atoms with Crippen molar-refractivity contribution in [3.63, 3.8) is 0 Å². The van der Waals surface area contributed by atoms with Crippen molar-refractivity contribution in [1.82, 2.24) is 24.5 Å². The molecule has 2 unspecified atom stereocenters. The molecule has 0 amide bonds. The fourth-order valence-corrected chi connectivity index (χ4v) is 3.83. The predicted octanol–water partition coefficient (Wildman–Crippen LogP) is 2.31. The van der Waals surface area contributed by atoms with Crippen LogP contribution < -0.4 is 5.73 Å². The topological polar surface area (TPSA) is 82.5 Å². The van der Waals surface area contributed by atoms with Crippen LogP contribution in [0.5, 0.6) is 0 Å². The maximum Gasteiger partial charge on any atom is 0.240 e. The number of imidazole rings is 1. The minimum atomic E-state index is 0.259. The molecule has 0 radical (unpaired) electrons. The molecule has 2 atom stereocenters. The number of nitrogens with zero attached hydrogens (tertiary/aromatic N) is 5. The molecule has 1 fully saturated rings. The molecule has 2 heterocycles. The predicted molar refractivity (Wildman–Crippen MR) is 78.6 cm³/mol. The molecule has 1 aliphatic rings. The van der Waals surface area contributed by atoms with E-state index in [-0.39, 0.29) is 5.95 Å². The zero-order chi connectivity index (χ0) is 13.9. The van der Waals surface area contributed by atoms with Gasteiger partial charge in [-0.3, -0.25) is 4.57 Å². The van der Waals surface area contributed by atoms with E-state index in [9.17, 15) is 0 Å². The minimum absolute atomic E-state index is 0.259. The van der Waals surface area contributed by atoms with Crippen LogP contribution in [0.15, 0.2) is 23.9 Å². The molecule has 1 aliphatic carbocycles. The van der Waals surface area contributed by atoms with E-state index in [1.807, 2.05) is 0 Å². The Hall–Kier alpha value is -1.63. The summed E-state index contributed by atoms with van der Waals surface area (Å²) in [6.07, 6.45) is 10.2. The largest absolute Gasteiger partial charge is 0.368 e. The van der Waals surface area contributed by atoms with E-state index in [1.54, 1.807) is 35.0 Å². The molecule has 0 saturated heterocycles. The zero-order valence-electron chi connectivity index (χ0n) is 11.4. The zero-order valence-corrected chi connectivity index (χ0v) is 12.3. The normalized spacial score (nSPS) is 22.9. The molecule has 7 heteroatoms. The summed E-state index contributed by atoms with van der Waals surface area (Å²) in [5, 5.41) is 1.29. The first-order valence-corrected chi connectivity index (χ1v) is 7.75. The third kappa shape index (κ3) is 3.09. The Morgan fingerprint density at radius 1 is 1.30 bits per heavy atom. The molecular weight excluding hydrogens is 272 g/mol. The third-order valence-electron chi connectivity index (χ3n) is 3.52. The van der Waals surface area contributed by atoms with Gasteiger partial charge in [-0.15, -0.1) is 0 Å². The van der Waals surface area contributed by atoms with Crippen molar-refractivity contribution >= 4 is 17.7 Å². The van der Waals surface area contributed by atoms with Crippen molar-refractivity contribution in [2.24, 2.45) is 5.92 Å². The van der Waals surface area contributed by atoms with Crippen LogP contribution in [-0.4, -0.2) is 29.8 Å². The number of rotatable bonds is 3. The highest BCUT2D eigenvalue weighted by Gasteiger charge is 2.21. The summed E-state index contributed by atoms with van der Waals surface area (Å²) < 4.78 is 1.74. The maximum absolute atomic E-state index is 5.79. The summed E-state index contributed by atoms with van der Waals surface area (Å²) >= 11 is 1.72. The van der Waals surface area contributed by atoms with Gasteiger partial charge in [0.05, 0.1) is 0 Å². The van der Waals surface area contributed by atoms with Crippen LogP contribution >= 0.6 is 11.8 Å². The quantitative estimate of drug-likeness (QED) is 0.934. The lowest BCUT2D eigenvalue weighted by Crippen LogP contribution is -2.16. The average molecular weight is 290 g/mol. The summed E-state index contributed by atoms with van der Waals surface area (Å²) in [4.78, 5) is 16.9. The van der Waals surface area contributed by atoms with Crippen molar-refractivity contribution in [3.05, 3.63) is 18.7 Å². The number of hydrogen-bond acceptors (Lipinski definition) is 6. The summed E-state index contributed by atoms with van der Waals surface area (Å²) in [5.74, 6) is 1.57. The number of anilines is 1. The van der Waals surface area contributed by atoms with Crippen molar-refractivity contribution in [2.75, 3.05) is 5.73 Å². The average Bonchev–Trinajstić information content (AvgIpc) is 2.91. The Kier molecular flexibility index (Phi) is 3.86. The van der Waals surface area contributed by atoms with Crippen LogP contribution in [0.2, 0.25) is 0 Å². The van der Waals surface area contributed by atoms with Gasteiger partial charge in [0, 0.05) is 17.6 Å². The van der Waals surface area contributed by atoms with Gasteiger partial charge in [0.25, 0.3) is 0 Å². The van der Waals surface area contributed by atoms with Gasteiger partial charge in [0.15, 0.2) is 5.16 Å². The van der Waals surface area contributed by atoms with E-state index in [0.29, 0.717) is 16.4 Å². The summed E-state index contributed by atoms with van der Waals surface area (Å²) in [6, 6.07) is 0. The number of nitrogen functional groups attached to an aromatic ring is 1. The summed E-state index contributed by atoms with van der Waals surface area (Å²) in [5.41, 5.74) is 5.79. The van der Waals surface area contributed by atoms with Crippen LogP contribution in [0.3, 0.4) is 0 Å². The fraction of sp³-hybridized carbons (Fsp3) is 0.538. The van der Waals surface area contributed by atoms with Gasteiger partial charge in [-0.2, -0.15) is 15.0 Å². The lowest BCUT2D eigenvalue weighted by atomic mass is 9.91. The SMILES string of the molecule is CC1CCCC(Sc2nc(N)nc(-n3ccnc3)n2)C1. The van der Waals surface area contributed by atoms with E-state index in [2.05, 4.69) is 26.9 Å². The number of aromatic nitrogens is 5. The van der Waals surface area contributed by atoms with Gasteiger partial charge in [0.1, 0.15) is 6.33 Å². The molecule has 20 heavy (non-hydrogen) atoms. The second kappa shape index (κ2) is 5.78. The molecule has 106 valence electrons. The van der Waals surface area contributed by atoms with Gasteiger partial charge in [0.2, 0.25) is 11.9 Å². The first-order valence-electron chi connectivity index (χ1n) is 6.87. The highest BCUT2D eigenvalue weighted by Crippen LogP contribution is 2.34. The van der Waals surface area contributed by atoms with Crippen LogP contribution in [0.1, 0.15) is 32.6 Å². The van der Waals surface area contributed by atoms with Crippen molar-refractivity contribution in [1.29, 1.82) is 0 Å². The molecule has 2 aromatic heterocycles. The van der Waals surface area contributed by atoms with E-state index < -0.39 is 0 Å². The maximum atomic E-state index is 5.79. The molecule has 2 N–H and O–H groups in total. The Balaban J connectivity index is 1.79. The van der Waals surface area contributed by atoms with Crippen LogP contribution in [0.4, 0.5) is 5.95 Å². The standard InChI is InChI=1S/C13H18N6S/c1-9-3-2-4-10(7-9)20-13-17-11(14)16-12(18-13)19-6-5-15-8-19/h5-6,8-10H,2-4,7H2,1H3,(H2,14,16,17,18). The second-order valence-electron chi connectivity index (χ2n) is 5.26. The van der Waals surface area contributed by atoms with E-state index in [0.717, 1.165) is 5.92 Å². The first-order chi connectivity index (χ1) is 9.70. The van der Waals surface area contributed by atoms with Gasteiger partial charge in [-0.05, 0) is 18.8 Å². The fourth-order valence-electron chi connectivity index (χ4n) is 2.54. The Bertz CT molecular complexity index is 570. The highest BCUT2D eigenvalue weighted by atomic mass is 32.2. The van der Waals surface area contributed by atoms with Crippen molar-refractivity contribution in [3.8, 4) is 5.95 Å². The molecule has 6 nitrogen and oxygen atoms in total. The molecule has 2 aromatic rings. The van der Waals surface area contributed by atoms with Gasteiger partial charge < -0.3 is 5.73 Å². The Labute approximate surface area is 122 Å². The monoisotopic (exact) mass is 290 g/mol. The van der Waals surface area contributed by atoms with E-state index >= 15 is 0 Å². The van der Waals surface area contributed by atoms with Crippen molar-refractivity contribution in [2.45, 2.75) is 43.0 Å². The smallest absolute Gasteiger partial charge is 0.240 e. The third-order valence-corrected chi connectivity index (χ3v) is 4.67. The number of thioether (sulfide) groups is 1. The van der Waals surface area contributed by atoms with Crippen molar-refractivity contribution < 1.29 is 0 Å². The summed E-state index contributed by atoms with van der Waals surface area (Å²) in [7, 11) is 0. The second-order valence-corrected chi connectivity index (χ2v) is 6.53. The minimum Gasteiger partial charge on any atom is -0.368 e. The van der Waals surface area contributed by atoms with Crippen LogP contribution in [-0.2, 0) is 0 Å². The molecular formula is C13H18N6S. The molecule has 0 aliphatic heterocycles. The molecule has 0 spiro atoms. The van der Waals surface area contributed by atoms with Gasteiger partial charge >= 0.3 is 0 Å². The van der Waals surface area contributed by atoms with Crippen LogP contribution in [0.25, 0.3) is 5.95 Å². The Morgan fingerprint density at radius 3 is 2.95 bits per heavy atom. The van der Waals surface area contributed by atoms with Gasteiger partial charge in [-0.25, -0.2) is 4.98 Å². The molecule has 1 saturated carbocycles. The first kappa shape index (κ1) is 13.4. The molecule has 3 rings (SSSR count). The highest BCUT2D eigenvalue weighted by molar-refractivity contribution is 7.99.